The number of hydrogen-bond donors (Lipinski definition) is 2. The molecule has 1 saturated heterocycles. The van der Waals surface area contributed by atoms with Gasteiger partial charge in [-0.05, 0) is 70.7 Å². The Morgan fingerprint density at radius 3 is 2.67 bits per heavy atom. The van der Waals surface area contributed by atoms with E-state index in [-0.39, 0.29) is 6.04 Å². The monoisotopic (exact) mass is 388 g/mol. The van der Waals surface area contributed by atoms with Crippen LogP contribution in [0.4, 0.5) is 5.69 Å². The molecule has 2 aromatic rings. The Labute approximate surface area is 161 Å². The maximum absolute atomic E-state index is 12.4. The zero-order valence-corrected chi connectivity index (χ0v) is 17.0. The molecule has 0 saturated carbocycles. The molecule has 0 radical (unpaired) electrons. The minimum Gasteiger partial charge on any atom is -0.368 e. The van der Waals surface area contributed by atoms with Crippen LogP contribution in [0.15, 0.2) is 29.2 Å². The van der Waals surface area contributed by atoms with Crippen molar-refractivity contribution in [3.63, 3.8) is 0 Å². The van der Waals surface area contributed by atoms with E-state index < -0.39 is 10.0 Å². The van der Waals surface area contributed by atoms with E-state index in [9.17, 15) is 8.42 Å². The molecule has 0 bridgehead atoms. The summed E-state index contributed by atoms with van der Waals surface area (Å²) in [7, 11) is -3.45. The van der Waals surface area contributed by atoms with Crippen molar-refractivity contribution in [3.05, 3.63) is 41.5 Å². The van der Waals surface area contributed by atoms with Crippen molar-refractivity contribution < 1.29 is 8.42 Å². The SMILES string of the molecule is Cc1nc2c([nH]1)CC[C@@H]1[C@H]2CCCN1c1ccc(S(=O)(=O)NC(C)C)cc1. The highest BCUT2D eigenvalue weighted by Crippen LogP contribution is 2.41. The molecule has 1 aliphatic carbocycles. The van der Waals surface area contributed by atoms with Gasteiger partial charge in [-0.2, -0.15) is 0 Å². The van der Waals surface area contributed by atoms with Gasteiger partial charge in [0.2, 0.25) is 10.0 Å². The second kappa shape index (κ2) is 6.95. The zero-order chi connectivity index (χ0) is 19.2. The van der Waals surface area contributed by atoms with Gasteiger partial charge in [-0.15, -0.1) is 0 Å². The van der Waals surface area contributed by atoms with Crippen LogP contribution in [-0.2, 0) is 16.4 Å². The molecule has 2 N–H and O–H groups in total. The lowest BCUT2D eigenvalue weighted by Gasteiger charge is -2.44. The number of fused-ring (bicyclic) bond motifs is 3. The number of aromatic nitrogens is 2. The molecule has 1 aromatic heterocycles. The molecule has 2 heterocycles. The number of sulfonamides is 1. The normalized spacial score (nSPS) is 22.6. The zero-order valence-electron chi connectivity index (χ0n) is 16.2. The summed E-state index contributed by atoms with van der Waals surface area (Å²) in [5, 5.41) is 0. The van der Waals surface area contributed by atoms with E-state index in [1.54, 1.807) is 12.1 Å². The summed E-state index contributed by atoms with van der Waals surface area (Å²) in [6.45, 7) is 6.69. The molecule has 7 heteroatoms. The topological polar surface area (TPSA) is 78.1 Å². The lowest BCUT2D eigenvalue weighted by atomic mass is 9.78. The number of benzene rings is 1. The number of H-pyrrole nitrogens is 1. The van der Waals surface area contributed by atoms with Crippen LogP contribution in [0.2, 0.25) is 0 Å². The van der Waals surface area contributed by atoms with Gasteiger partial charge in [-0.25, -0.2) is 18.1 Å². The van der Waals surface area contributed by atoms with Gasteiger partial charge in [0, 0.05) is 35.9 Å². The fraction of sp³-hybridized carbons (Fsp3) is 0.550. The van der Waals surface area contributed by atoms with E-state index in [2.05, 4.69) is 14.6 Å². The summed E-state index contributed by atoms with van der Waals surface area (Å²) >= 11 is 0. The van der Waals surface area contributed by atoms with Crippen LogP contribution in [0.3, 0.4) is 0 Å². The highest BCUT2D eigenvalue weighted by molar-refractivity contribution is 7.89. The number of piperidine rings is 1. The first kappa shape index (κ1) is 18.5. The molecule has 146 valence electrons. The lowest BCUT2D eigenvalue weighted by molar-refractivity contribution is 0.359. The summed E-state index contributed by atoms with van der Waals surface area (Å²) in [6, 6.07) is 7.65. The molecule has 0 spiro atoms. The number of nitrogens with one attached hydrogen (secondary N) is 2. The van der Waals surface area contributed by atoms with E-state index in [4.69, 9.17) is 4.98 Å². The number of imidazole rings is 1. The third-order valence-corrected chi connectivity index (χ3v) is 7.29. The number of aryl methyl sites for hydroxylation is 2. The summed E-state index contributed by atoms with van der Waals surface area (Å²) in [6.07, 6.45) is 4.43. The van der Waals surface area contributed by atoms with Gasteiger partial charge in [0.15, 0.2) is 0 Å². The first-order chi connectivity index (χ1) is 12.8. The standard InChI is InChI=1S/C20H28N4O2S/c1-13(2)23-27(25,26)16-8-6-15(7-9-16)24-12-4-5-17-19(24)11-10-18-20(17)22-14(3)21-18/h6-9,13,17,19,23H,4-5,10-12H2,1-3H3,(H,21,22)/t17-,19-/m1/s1. The third-order valence-electron chi connectivity index (χ3n) is 5.62. The molecule has 6 nitrogen and oxygen atoms in total. The number of hydrogen-bond acceptors (Lipinski definition) is 4. The minimum atomic E-state index is -3.45. The Morgan fingerprint density at radius 1 is 1.22 bits per heavy atom. The Balaban J connectivity index is 1.59. The number of aromatic amines is 1. The van der Waals surface area contributed by atoms with Gasteiger partial charge in [-0.3, -0.25) is 0 Å². The molecule has 27 heavy (non-hydrogen) atoms. The molecule has 0 unspecified atom stereocenters. The molecule has 4 rings (SSSR count). The van der Waals surface area contributed by atoms with Crippen molar-refractivity contribution >= 4 is 15.7 Å². The van der Waals surface area contributed by atoms with Gasteiger partial charge in [0.05, 0.1) is 10.6 Å². The summed E-state index contributed by atoms with van der Waals surface area (Å²) in [4.78, 5) is 11.0. The van der Waals surface area contributed by atoms with Crippen molar-refractivity contribution in [2.45, 2.75) is 69.4 Å². The highest BCUT2D eigenvalue weighted by Gasteiger charge is 2.38. The molecular formula is C20H28N4O2S. The van der Waals surface area contributed by atoms with Crippen LogP contribution in [0.1, 0.15) is 56.2 Å². The van der Waals surface area contributed by atoms with Crippen LogP contribution in [0.5, 0.6) is 0 Å². The lowest BCUT2D eigenvalue weighted by Crippen LogP contribution is -2.46. The van der Waals surface area contributed by atoms with Crippen LogP contribution >= 0.6 is 0 Å². The average Bonchev–Trinajstić information content (AvgIpc) is 3.01. The smallest absolute Gasteiger partial charge is 0.240 e. The van der Waals surface area contributed by atoms with Crippen LogP contribution < -0.4 is 9.62 Å². The molecule has 1 fully saturated rings. The molecule has 0 amide bonds. The summed E-state index contributed by atoms with van der Waals surface area (Å²) in [5.74, 6) is 1.46. The fourth-order valence-electron chi connectivity index (χ4n) is 4.60. The Morgan fingerprint density at radius 2 is 1.96 bits per heavy atom. The summed E-state index contributed by atoms with van der Waals surface area (Å²) < 4.78 is 27.4. The van der Waals surface area contributed by atoms with Crippen LogP contribution in [-0.4, -0.2) is 37.0 Å². The van der Waals surface area contributed by atoms with E-state index in [1.165, 1.54) is 17.8 Å². The summed E-state index contributed by atoms with van der Waals surface area (Å²) in [5.41, 5.74) is 3.65. The van der Waals surface area contributed by atoms with Crippen LogP contribution in [0.25, 0.3) is 0 Å². The van der Waals surface area contributed by atoms with Crippen molar-refractivity contribution in [2.75, 3.05) is 11.4 Å². The molecule has 2 atom stereocenters. The largest absolute Gasteiger partial charge is 0.368 e. The predicted molar refractivity (Wildman–Crippen MR) is 107 cm³/mol. The second-order valence-electron chi connectivity index (χ2n) is 8.00. The predicted octanol–water partition coefficient (Wildman–Crippen LogP) is 3.10. The van der Waals surface area contributed by atoms with Crippen molar-refractivity contribution in [2.24, 2.45) is 0 Å². The minimum absolute atomic E-state index is 0.119. The fourth-order valence-corrected chi connectivity index (χ4v) is 5.85. The molecule has 1 aromatic carbocycles. The molecule has 1 aliphatic heterocycles. The van der Waals surface area contributed by atoms with Gasteiger partial charge in [0.1, 0.15) is 5.82 Å². The van der Waals surface area contributed by atoms with Gasteiger partial charge >= 0.3 is 0 Å². The Kier molecular flexibility index (Phi) is 4.76. The van der Waals surface area contributed by atoms with E-state index >= 15 is 0 Å². The van der Waals surface area contributed by atoms with E-state index in [0.717, 1.165) is 37.3 Å². The van der Waals surface area contributed by atoms with Crippen molar-refractivity contribution in [1.82, 2.24) is 14.7 Å². The van der Waals surface area contributed by atoms with Gasteiger partial charge < -0.3 is 9.88 Å². The third kappa shape index (κ3) is 3.50. The van der Waals surface area contributed by atoms with E-state index in [0.29, 0.717) is 16.9 Å². The average molecular weight is 389 g/mol. The van der Waals surface area contributed by atoms with Crippen LogP contribution in [0, 0.1) is 6.92 Å². The Hall–Kier alpha value is -1.86. The first-order valence-electron chi connectivity index (χ1n) is 9.79. The van der Waals surface area contributed by atoms with E-state index in [1.807, 2.05) is 32.9 Å². The highest BCUT2D eigenvalue weighted by atomic mass is 32.2. The molecule has 2 aliphatic rings. The number of rotatable bonds is 4. The number of nitrogens with zero attached hydrogens (tertiary/aromatic N) is 2. The van der Waals surface area contributed by atoms with Crippen molar-refractivity contribution in [3.8, 4) is 0 Å². The second-order valence-corrected chi connectivity index (χ2v) is 9.72. The maximum Gasteiger partial charge on any atom is 0.240 e. The Bertz CT molecular complexity index is 918. The van der Waals surface area contributed by atoms with Gasteiger partial charge in [0.25, 0.3) is 0 Å². The number of anilines is 1. The quantitative estimate of drug-likeness (QED) is 0.844. The van der Waals surface area contributed by atoms with Gasteiger partial charge in [-0.1, -0.05) is 0 Å². The molecular weight excluding hydrogens is 360 g/mol. The first-order valence-corrected chi connectivity index (χ1v) is 11.3. The van der Waals surface area contributed by atoms with Crippen molar-refractivity contribution in [1.29, 1.82) is 0 Å². The maximum atomic E-state index is 12.4.